The lowest BCUT2D eigenvalue weighted by molar-refractivity contribution is -0.134. The molecule has 0 spiro atoms. The summed E-state index contributed by atoms with van der Waals surface area (Å²) in [5.41, 5.74) is 1.57. The van der Waals surface area contributed by atoms with Gasteiger partial charge < -0.3 is 20.3 Å². The van der Waals surface area contributed by atoms with Crippen molar-refractivity contribution in [2.24, 2.45) is 0 Å². The van der Waals surface area contributed by atoms with Gasteiger partial charge in [-0.25, -0.2) is 8.78 Å². The Balaban J connectivity index is 1.45. The minimum atomic E-state index is -0.656. The van der Waals surface area contributed by atoms with Crippen LogP contribution >= 0.6 is 0 Å². The third-order valence-electron chi connectivity index (χ3n) is 4.86. The number of carbonyl (C=O) groups excluding carboxylic acids is 2. The van der Waals surface area contributed by atoms with Crippen LogP contribution in [0.15, 0.2) is 36.4 Å². The molecule has 0 aliphatic carbocycles. The standard InChI is InChI=1S/C20H19F2N3O3/c21-13-4-3-12(15(22)8-13)10-25-7-1-2-17(20(25)27)23-14-5-6-16-18(9-14)28-11-19(26)24-16/h3-6,8-9,17,23H,1-2,7,10-11H2,(H,24,26). The Morgan fingerprint density at radius 2 is 2.04 bits per heavy atom. The predicted molar refractivity (Wildman–Crippen MR) is 99.0 cm³/mol. The number of carbonyl (C=O) groups is 2. The van der Waals surface area contributed by atoms with Crippen molar-refractivity contribution in [2.75, 3.05) is 23.8 Å². The number of anilines is 2. The minimum Gasteiger partial charge on any atom is -0.482 e. The number of amides is 2. The third-order valence-corrected chi connectivity index (χ3v) is 4.86. The van der Waals surface area contributed by atoms with Gasteiger partial charge in [0.25, 0.3) is 5.91 Å². The molecule has 2 N–H and O–H groups in total. The molecule has 1 fully saturated rings. The topological polar surface area (TPSA) is 70.7 Å². The molecule has 0 radical (unpaired) electrons. The highest BCUT2D eigenvalue weighted by molar-refractivity contribution is 5.96. The fourth-order valence-corrected chi connectivity index (χ4v) is 3.45. The van der Waals surface area contributed by atoms with Crippen LogP contribution in [0, 0.1) is 11.6 Å². The first-order valence-corrected chi connectivity index (χ1v) is 9.05. The summed E-state index contributed by atoms with van der Waals surface area (Å²) in [6.07, 6.45) is 1.42. The molecule has 28 heavy (non-hydrogen) atoms. The van der Waals surface area contributed by atoms with Crippen molar-refractivity contribution in [1.29, 1.82) is 0 Å². The number of benzene rings is 2. The molecule has 1 saturated heterocycles. The van der Waals surface area contributed by atoms with Crippen molar-refractivity contribution in [3.8, 4) is 5.75 Å². The summed E-state index contributed by atoms with van der Waals surface area (Å²) in [6.45, 7) is 0.575. The van der Waals surface area contributed by atoms with Crippen LogP contribution in [0.5, 0.6) is 5.75 Å². The van der Waals surface area contributed by atoms with Gasteiger partial charge in [-0.3, -0.25) is 9.59 Å². The quantitative estimate of drug-likeness (QED) is 0.846. The van der Waals surface area contributed by atoms with Crippen molar-refractivity contribution in [3.05, 3.63) is 53.6 Å². The average Bonchev–Trinajstić information content (AvgIpc) is 2.67. The Kier molecular flexibility index (Phi) is 4.85. The van der Waals surface area contributed by atoms with Gasteiger partial charge >= 0.3 is 0 Å². The van der Waals surface area contributed by atoms with E-state index in [2.05, 4.69) is 10.6 Å². The highest BCUT2D eigenvalue weighted by Gasteiger charge is 2.29. The number of rotatable bonds is 4. The largest absolute Gasteiger partial charge is 0.482 e. The molecule has 8 heteroatoms. The number of halogens is 2. The molecule has 0 bridgehead atoms. The molecular weight excluding hydrogens is 368 g/mol. The molecular formula is C20H19F2N3O3. The molecule has 2 amide bonds. The van der Waals surface area contributed by atoms with E-state index in [0.717, 1.165) is 12.5 Å². The first-order chi connectivity index (χ1) is 13.5. The van der Waals surface area contributed by atoms with Gasteiger partial charge in [0.1, 0.15) is 23.4 Å². The van der Waals surface area contributed by atoms with E-state index in [-0.39, 0.29) is 30.5 Å². The number of likely N-dealkylation sites (tertiary alicyclic amines) is 1. The first kappa shape index (κ1) is 18.2. The second kappa shape index (κ2) is 7.46. The smallest absolute Gasteiger partial charge is 0.262 e. The number of nitrogens with zero attached hydrogens (tertiary/aromatic N) is 1. The molecule has 2 aliphatic heterocycles. The van der Waals surface area contributed by atoms with E-state index in [1.54, 1.807) is 23.1 Å². The van der Waals surface area contributed by atoms with E-state index in [0.29, 0.717) is 30.1 Å². The summed E-state index contributed by atoms with van der Waals surface area (Å²) in [5, 5.41) is 5.91. The van der Waals surface area contributed by atoms with Crippen molar-refractivity contribution < 1.29 is 23.1 Å². The zero-order valence-electron chi connectivity index (χ0n) is 15.0. The molecule has 2 aromatic rings. The fourth-order valence-electron chi connectivity index (χ4n) is 3.45. The van der Waals surface area contributed by atoms with Crippen LogP contribution in [0.3, 0.4) is 0 Å². The molecule has 146 valence electrons. The number of nitrogens with one attached hydrogen (secondary N) is 2. The van der Waals surface area contributed by atoms with Crippen LogP contribution in [0.25, 0.3) is 0 Å². The van der Waals surface area contributed by atoms with Gasteiger partial charge in [-0.15, -0.1) is 0 Å². The van der Waals surface area contributed by atoms with Gasteiger partial charge in [0.2, 0.25) is 5.91 Å². The highest BCUT2D eigenvalue weighted by atomic mass is 19.1. The Morgan fingerprint density at radius 3 is 2.86 bits per heavy atom. The molecule has 2 heterocycles. The molecule has 0 saturated carbocycles. The van der Waals surface area contributed by atoms with E-state index in [4.69, 9.17) is 4.74 Å². The fraction of sp³-hybridized carbons (Fsp3) is 0.300. The van der Waals surface area contributed by atoms with Crippen molar-refractivity contribution in [3.63, 3.8) is 0 Å². The Morgan fingerprint density at radius 1 is 1.18 bits per heavy atom. The number of hydrogen-bond donors (Lipinski definition) is 2. The molecule has 1 unspecified atom stereocenters. The van der Waals surface area contributed by atoms with E-state index in [1.165, 1.54) is 12.1 Å². The normalized spacial score (nSPS) is 18.9. The van der Waals surface area contributed by atoms with E-state index < -0.39 is 17.7 Å². The van der Waals surface area contributed by atoms with Gasteiger partial charge in [0.15, 0.2) is 6.61 Å². The second-order valence-electron chi connectivity index (χ2n) is 6.88. The van der Waals surface area contributed by atoms with Crippen LogP contribution in [0.1, 0.15) is 18.4 Å². The highest BCUT2D eigenvalue weighted by Crippen LogP contribution is 2.31. The van der Waals surface area contributed by atoms with Gasteiger partial charge in [-0.2, -0.15) is 0 Å². The number of hydrogen-bond acceptors (Lipinski definition) is 4. The van der Waals surface area contributed by atoms with Crippen molar-refractivity contribution in [1.82, 2.24) is 4.90 Å². The predicted octanol–water partition coefficient (Wildman–Crippen LogP) is 2.90. The van der Waals surface area contributed by atoms with Crippen LogP contribution in [0.4, 0.5) is 20.2 Å². The van der Waals surface area contributed by atoms with Crippen LogP contribution in [-0.4, -0.2) is 35.9 Å². The number of ether oxygens (including phenoxy) is 1. The zero-order valence-corrected chi connectivity index (χ0v) is 15.0. The third kappa shape index (κ3) is 3.76. The average molecular weight is 387 g/mol. The maximum Gasteiger partial charge on any atom is 0.262 e. The first-order valence-electron chi connectivity index (χ1n) is 9.05. The van der Waals surface area contributed by atoms with Crippen molar-refractivity contribution >= 4 is 23.2 Å². The molecule has 6 nitrogen and oxygen atoms in total. The maximum absolute atomic E-state index is 13.9. The van der Waals surface area contributed by atoms with Crippen molar-refractivity contribution in [2.45, 2.75) is 25.4 Å². The van der Waals surface area contributed by atoms with E-state index >= 15 is 0 Å². The second-order valence-corrected chi connectivity index (χ2v) is 6.88. The van der Waals surface area contributed by atoms with Crippen LogP contribution < -0.4 is 15.4 Å². The zero-order chi connectivity index (χ0) is 19.7. The Bertz CT molecular complexity index is 935. The molecule has 1 atom stereocenters. The molecule has 2 aromatic carbocycles. The lowest BCUT2D eigenvalue weighted by Gasteiger charge is -2.33. The summed E-state index contributed by atoms with van der Waals surface area (Å²) in [4.78, 5) is 25.7. The Labute approximate surface area is 160 Å². The van der Waals surface area contributed by atoms with E-state index in [9.17, 15) is 18.4 Å². The molecule has 2 aliphatic rings. The summed E-state index contributed by atoms with van der Waals surface area (Å²) in [5.74, 6) is -1.10. The summed E-state index contributed by atoms with van der Waals surface area (Å²) in [6, 6.07) is 8.14. The summed E-state index contributed by atoms with van der Waals surface area (Å²) in [7, 11) is 0. The van der Waals surface area contributed by atoms with E-state index in [1.807, 2.05) is 0 Å². The maximum atomic E-state index is 13.9. The van der Waals surface area contributed by atoms with Crippen LogP contribution in [0.2, 0.25) is 0 Å². The van der Waals surface area contributed by atoms with Crippen LogP contribution in [-0.2, 0) is 16.1 Å². The lowest BCUT2D eigenvalue weighted by atomic mass is 10.0. The number of fused-ring (bicyclic) bond motifs is 1. The summed E-state index contributed by atoms with van der Waals surface area (Å²) < 4.78 is 32.4. The van der Waals surface area contributed by atoms with Gasteiger partial charge in [0, 0.05) is 36.5 Å². The summed E-state index contributed by atoms with van der Waals surface area (Å²) >= 11 is 0. The lowest BCUT2D eigenvalue weighted by Crippen LogP contribution is -2.47. The number of piperidine rings is 1. The Hall–Kier alpha value is -3.16. The SMILES string of the molecule is O=C1COc2cc(NC3CCCN(Cc4ccc(F)cc4F)C3=O)ccc2N1. The van der Waals surface area contributed by atoms with Gasteiger partial charge in [-0.05, 0) is 31.0 Å². The molecule has 4 rings (SSSR count). The molecule has 0 aromatic heterocycles. The monoisotopic (exact) mass is 387 g/mol. The minimum absolute atomic E-state index is 0.0458. The van der Waals surface area contributed by atoms with Gasteiger partial charge in [-0.1, -0.05) is 6.07 Å². The van der Waals surface area contributed by atoms with Gasteiger partial charge in [0.05, 0.1) is 5.69 Å².